The molecular weight excluding hydrogens is 414 g/mol. The Morgan fingerprint density at radius 1 is 1.06 bits per heavy atom. The molecule has 178 valence electrons. The fourth-order valence-corrected chi connectivity index (χ4v) is 5.05. The largest absolute Gasteiger partial charge is 0.494 e. The van der Waals surface area contributed by atoms with Crippen LogP contribution in [-0.2, 0) is 16.0 Å². The first-order valence-electron chi connectivity index (χ1n) is 17.5. The first kappa shape index (κ1) is 12.4. The molecule has 2 amide bonds. The summed E-state index contributed by atoms with van der Waals surface area (Å²) in [6, 6.07) is 3.59. The number of H-pyrrole nitrogens is 1. The Hall–Kier alpha value is -2.34. The van der Waals surface area contributed by atoms with Gasteiger partial charge in [0, 0.05) is 43.3 Å². The molecule has 3 atom stereocenters. The Morgan fingerprint density at radius 3 is 2.58 bits per heavy atom. The third-order valence-corrected chi connectivity index (χ3v) is 6.85. The van der Waals surface area contributed by atoms with Gasteiger partial charge in [0.1, 0.15) is 5.75 Å². The third-order valence-electron chi connectivity index (χ3n) is 6.85. The second kappa shape index (κ2) is 9.88. The molecule has 3 heterocycles. The molecule has 33 heavy (non-hydrogen) atoms. The van der Waals surface area contributed by atoms with E-state index in [0.29, 0.717) is 43.0 Å². The average Bonchev–Trinajstić information content (AvgIpc) is 3.64. The Morgan fingerprint density at radius 2 is 1.85 bits per heavy atom. The summed E-state index contributed by atoms with van der Waals surface area (Å²) < 4.78 is 108. The number of benzene rings is 1. The molecule has 1 aliphatic carbocycles. The van der Waals surface area contributed by atoms with E-state index in [1.165, 1.54) is 24.4 Å². The van der Waals surface area contributed by atoms with E-state index in [9.17, 15) is 9.59 Å². The van der Waals surface area contributed by atoms with Crippen LogP contribution in [0.3, 0.4) is 0 Å². The number of ether oxygens (including phenoxy) is 1. The number of aromatic amines is 1. The van der Waals surface area contributed by atoms with Crippen molar-refractivity contribution >= 4 is 22.7 Å². The van der Waals surface area contributed by atoms with Gasteiger partial charge in [-0.2, -0.15) is 0 Å². The summed E-state index contributed by atoms with van der Waals surface area (Å²) in [6.07, 6.45) is -8.91. The molecule has 2 saturated heterocycles. The zero-order chi connectivity index (χ0) is 33.5. The van der Waals surface area contributed by atoms with Crippen LogP contribution >= 0.6 is 0 Å². The first-order valence-corrected chi connectivity index (χ1v) is 11.5. The molecule has 1 aromatic heterocycles. The number of nitrogens with zero attached hydrogens (tertiary/aromatic N) is 2. The van der Waals surface area contributed by atoms with E-state index in [4.69, 9.17) is 21.2 Å². The number of likely N-dealkylation sites (N-methyl/N-ethyl adjacent to an activating group) is 1. The highest BCUT2D eigenvalue weighted by Crippen LogP contribution is 2.38. The number of rotatable bonds is 9. The molecule has 1 N–H and O–H groups in total. The monoisotopic (exact) mass is 463 g/mol. The van der Waals surface area contributed by atoms with E-state index in [1.54, 1.807) is 0 Å². The third kappa shape index (κ3) is 4.68. The molecule has 1 aromatic carbocycles. The zero-order valence-electron chi connectivity index (χ0n) is 30.6. The van der Waals surface area contributed by atoms with Crippen molar-refractivity contribution in [2.75, 3.05) is 26.6 Å². The molecule has 0 radical (unpaired) electrons. The minimum atomic E-state index is -4.00. The summed E-state index contributed by atoms with van der Waals surface area (Å²) in [5, 5.41) is 0.330. The number of hydrogen-bond donors (Lipinski definition) is 1. The number of nitrogens with one attached hydrogen (secondary N) is 1. The Labute approximate surface area is 213 Å². The van der Waals surface area contributed by atoms with Crippen LogP contribution < -0.4 is 4.74 Å². The summed E-state index contributed by atoms with van der Waals surface area (Å²) in [5.74, 6) is -4.03. The summed E-state index contributed by atoms with van der Waals surface area (Å²) in [7, 11) is 1.83. The van der Waals surface area contributed by atoms with E-state index in [0.717, 1.165) is 13.0 Å². The molecule has 3 fully saturated rings. The number of imide groups is 1. The molecule has 5 rings (SSSR count). The maximum absolute atomic E-state index is 13.1. The van der Waals surface area contributed by atoms with Crippen LogP contribution in [0.5, 0.6) is 5.75 Å². The highest BCUT2D eigenvalue weighted by atomic mass is 16.5. The van der Waals surface area contributed by atoms with Crippen LogP contribution in [-0.4, -0.2) is 59.3 Å². The second-order valence-electron chi connectivity index (χ2n) is 8.89. The Bertz CT molecular complexity index is 1470. The molecule has 3 aliphatic rings. The van der Waals surface area contributed by atoms with Crippen LogP contribution in [0, 0.1) is 11.8 Å². The number of hydrogen-bond acceptors (Lipinski definition) is 4. The zero-order valence-corrected chi connectivity index (χ0v) is 18.6. The standard InChI is InChI=1S/C27H37N3O3/c1-29-13-7-8-20(29)16-19-18-28-25-12-11-21(17-24(19)25)33-15-6-2-5-14-30-26(31)22-9-3-4-10-23(22)27(30)32/h11-12,17-18,20,22-23,28H,2-10,13-16H2,1H3/t20-,22-,23+/m1/s1/i2D2,5D2,6D2,14D2,15D2,16D2. The van der Waals surface area contributed by atoms with Gasteiger partial charge < -0.3 is 14.6 Å². The number of likely N-dealkylation sites (tertiary alicyclic amines) is 2. The molecule has 1 saturated carbocycles. The molecular formula is C27H37N3O3. The SMILES string of the molecule is [2H]C([2H])(c1c[nH]c2ccc(OC([2H])([2H])C([2H])([2H])C([2H])([2H])C([2H])([2H])C([2H])([2H])N3C(=O)[C@H]4CCCC[C@H]4C3=O)cc12)[C@H]1CCCN1C. The van der Waals surface area contributed by atoms with Crippen molar-refractivity contribution in [3.05, 3.63) is 30.0 Å². The second-order valence-corrected chi connectivity index (χ2v) is 8.89. The first-order chi connectivity index (χ1) is 20.6. The normalized spacial score (nSPS) is 33.8. The van der Waals surface area contributed by atoms with E-state index in [-0.39, 0.29) is 16.2 Å². The maximum atomic E-state index is 13.1. The Kier molecular flexibility index (Phi) is 3.71. The summed E-state index contributed by atoms with van der Waals surface area (Å²) in [4.78, 5) is 31.1. The molecule has 2 aliphatic heterocycles. The number of fused-ring (bicyclic) bond motifs is 2. The average molecular weight is 464 g/mol. The van der Waals surface area contributed by atoms with Crippen LogP contribution in [0.4, 0.5) is 0 Å². The smallest absolute Gasteiger partial charge is 0.233 e. The van der Waals surface area contributed by atoms with Gasteiger partial charge in [0.25, 0.3) is 0 Å². The number of aromatic nitrogens is 1. The predicted molar refractivity (Wildman–Crippen MR) is 129 cm³/mol. The van der Waals surface area contributed by atoms with Crippen molar-refractivity contribution in [1.29, 1.82) is 0 Å². The van der Waals surface area contributed by atoms with Crippen molar-refractivity contribution in [2.24, 2.45) is 11.8 Å². The maximum Gasteiger partial charge on any atom is 0.233 e. The van der Waals surface area contributed by atoms with Gasteiger partial charge in [-0.15, -0.1) is 0 Å². The van der Waals surface area contributed by atoms with E-state index < -0.39 is 68.2 Å². The van der Waals surface area contributed by atoms with Gasteiger partial charge in [-0.1, -0.05) is 12.8 Å². The lowest BCUT2D eigenvalue weighted by atomic mass is 9.81. The van der Waals surface area contributed by atoms with Gasteiger partial charge >= 0.3 is 0 Å². The molecule has 0 unspecified atom stereocenters. The summed E-state index contributed by atoms with van der Waals surface area (Å²) in [5.41, 5.74) is 0.761. The van der Waals surface area contributed by atoms with Crippen molar-refractivity contribution in [2.45, 2.75) is 70.1 Å². The van der Waals surface area contributed by atoms with Gasteiger partial charge in [0.2, 0.25) is 11.8 Å². The molecule has 6 heteroatoms. The van der Waals surface area contributed by atoms with Gasteiger partial charge in [0.05, 0.1) is 21.1 Å². The van der Waals surface area contributed by atoms with Gasteiger partial charge in [-0.05, 0) is 88.5 Å². The van der Waals surface area contributed by atoms with Crippen molar-refractivity contribution in [3.63, 3.8) is 0 Å². The van der Waals surface area contributed by atoms with Gasteiger partial charge in [0.15, 0.2) is 0 Å². The molecule has 0 spiro atoms. The number of carbonyl (C=O) groups excluding carboxylic acids is 2. The summed E-state index contributed by atoms with van der Waals surface area (Å²) in [6.45, 7) is -6.57. The fourth-order valence-electron chi connectivity index (χ4n) is 5.05. The topological polar surface area (TPSA) is 65.6 Å². The minimum Gasteiger partial charge on any atom is -0.494 e. The Balaban J connectivity index is 1.45. The lowest BCUT2D eigenvalue weighted by Crippen LogP contribution is -2.32. The molecule has 2 aromatic rings. The summed E-state index contributed by atoms with van der Waals surface area (Å²) >= 11 is 0. The van der Waals surface area contributed by atoms with Crippen molar-refractivity contribution < 1.29 is 30.8 Å². The predicted octanol–water partition coefficient (Wildman–Crippen LogP) is 4.53. The molecule has 0 bridgehead atoms. The number of amides is 2. The van der Waals surface area contributed by atoms with Crippen LogP contribution in [0.2, 0.25) is 0 Å². The lowest BCUT2D eigenvalue weighted by Gasteiger charge is -2.19. The number of carbonyl (C=O) groups is 2. The highest BCUT2D eigenvalue weighted by molar-refractivity contribution is 6.05. The van der Waals surface area contributed by atoms with Crippen LogP contribution in [0.1, 0.15) is 79.7 Å². The van der Waals surface area contributed by atoms with Crippen LogP contribution in [0.25, 0.3) is 10.9 Å². The fraction of sp³-hybridized carbons (Fsp3) is 0.630. The van der Waals surface area contributed by atoms with Crippen LogP contribution in [0.15, 0.2) is 24.4 Å². The van der Waals surface area contributed by atoms with E-state index >= 15 is 0 Å². The lowest BCUT2D eigenvalue weighted by molar-refractivity contribution is -0.139. The van der Waals surface area contributed by atoms with Gasteiger partial charge in [-0.3, -0.25) is 14.5 Å². The van der Waals surface area contributed by atoms with Crippen molar-refractivity contribution in [1.82, 2.24) is 14.8 Å². The van der Waals surface area contributed by atoms with E-state index in [2.05, 4.69) is 4.98 Å². The highest BCUT2D eigenvalue weighted by Gasteiger charge is 2.47. The van der Waals surface area contributed by atoms with Crippen molar-refractivity contribution in [3.8, 4) is 5.75 Å². The molecule has 6 nitrogen and oxygen atoms in total. The quantitative estimate of drug-likeness (QED) is 0.555. The van der Waals surface area contributed by atoms with Gasteiger partial charge in [-0.25, -0.2) is 0 Å². The minimum absolute atomic E-state index is 0.0646. The van der Waals surface area contributed by atoms with E-state index in [1.807, 2.05) is 11.9 Å².